The van der Waals surface area contributed by atoms with Crippen molar-refractivity contribution in [3.8, 4) is 0 Å². The van der Waals surface area contributed by atoms with Crippen molar-refractivity contribution in [1.29, 1.82) is 0 Å². The Labute approximate surface area is 424 Å². The van der Waals surface area contributed by atoms with E-state index in [1.807, 2.05) is 39.0 Å². The quantitative estimate of drug-likeness (QED) is 0.0319. The number of aromatic nitrogens is 6. The predicted molar refractivity (Wildman–Crippen MR) is 286 cm³/mol. The maximum absolute atomic E-state index is 9.10. The van der Waals surface area contributed by atoms with Crippen LogP contribution in [0.3, 0.4) is 0 Å². The Hall–Kier alpha value is -5.83. The molecule has 19 nitrogen and oxygen atoms in total. The van der Waals surface area contributed by atoms with Crippen LogP contribution in [-0.2, 0) is 43.4 Å². The van der Waals surface area contributed by atoms with Gasteiger partial charge in [-0.1, -0.05) is 36.4 Å². The average molecular weight is 997 g/mol. The number of rotatable bonds is 18. The third-order valence-corrected chi connectivity index (χ3v) is 12.9. The maximum Gasteiger partial charge on any atom is 0.414 e. The molecule has 9 rings (SSSR count). The van der Waals surface area contributed by atoms with Gasteiger partial charge in [0.15, 0.2) is 0 Å². The molecule has 0 saturated carbocycles. The van der Waals surface area contributed by atoms with Crippen molar-refractivity contribution in [3.63, 3.8) is 0 Å². The molecule has 3 aliphatic rings. The van der Waals surface area contributed by atoms with Crippen molar-refractivity contribution in [2.24, 2.45) is 0 Å². The van der Waals surface area contributed by atoms with Crippen LogP contribution in [0.1, 0.15) is 78.6 Å². The molecule has 3 saturated heterocycles. The lowest BCUT2D eigenvalue weighted by molar-refractivity contribution is -0.159. The molecule has 72 heavy (non-hydrogen) atoms. The number of imidazole rings is 3. The summed E-state index contributed by atoms with van der Waals surface area (Å²) in [6.07, 6.45) is 10.7. The van der Waals surface area contributed by atoms with Gasteiger partial charge in [0.25, 0.3) is 0 Å². The Balaban J connectivity index is 0.000000167. The van der Waals surface area contributed by atoms with E-state index in [4.69, 9.17) is 49.0 Å². The second-order valence-corrected chi connectivity index (χ2v) is 18.0. The van der Waals surface area contributed by atoms with Crippen LogP contribution in [-0.4, -0.2) is 148 Å². The van der Waals surface area contributed by atoms with E-state index < -0.39 is 11.9 Å². The van der Waals surface area contributed by atoms with Crippen LogP contribution < -0.4 is 31.9 Å². The first-order chi connectivity index (χ1) is 35.3. The number of carbonyl (C=O) groups is 2. The molecule has 6 heterocycles. The number of carboxylic acid groups (broad SMARTS) is 2. The number of fused-ring (bicyclic) bond motifs is 3. The van der Waals surface area contributed by atoms with Gasteiger partial charge in [0.1, 0.15) is 0 Å². The summed E-state index contributed by atoms with van der Waals surface area (Å²) in [7, 11) is 0. The molecule has 19 heteroatoms. The Morgan fingerprint density at radius 1 is 0.486 bits per heavy atom. The standard InChI is InChI=1S/3C17H26N4O.C2H2O4/c3*1-2-22-13-12-21-16-8-4-3-7-15(16)20-17(21)19-14-6-5-10-18-11-9-14;3-1(4)2(5)6/h3*3-4,7-8,14,18H,2,5-6,9-13H2,1H3,(H,19,20);(H,3,4)(H,5,6). The second-order valence-electron chi connectivity index (χ2n) is 18.0. The van der Waals surface area contributed by atoms with Gasteiger partial charge in [-0.3, -0.25) is 0 Å². The fourth-order valence-electron chi connectivity index (χ4n) is 9.17. The summed E-state index contributed by atoms with van der Waals surface area (Å²) in [6.45, 7) is 19.6. The summed E-state index contributed by atoms with van der Waals surface area (Å²) < 4.78 is 23.4. The number of hydrogen-bond acceptors (Lipinski definition) is 14. The molecule has 3 atom stereocenters. The molecule has 3 aromatic heterocycles. The maximum atomic E-state index is 9.10. The van der Waals surface area contributed by atoms with E-state index in [1.54, 1.807) is 0 Å². The summed E-state index contributed by atoms with van der Waals surface area (Å²) in [6, 6.07) is 26.5. The first-order valence-corrected chi connectivity index (χ1v) is 26.3. The summed E-state index contributed by atoms with van der Waals surface area (Å²) in [5.74, 6) is -0.710. The number of benzene rings is 3. The summed E-state index contributed by atoms with van der Waals surface area (Å²) in [5, 5.41) is 36.1. The predicted octanol–water partition coefficient (Wildman–Crippen LogP) is 7.04. The average Bonchev–Trinajstić information content (AvgIpc) is 3.68. The number of nitrogens with zero attached hydrogens (tertiary/aromatic N) is 6. The highest BCUT2D eigenvalue weighted by Crippen LogP contribution is 2.25. The van der Waals surface area contributed by atoms with Gasteiger partial charge < -0.3 is 70.0 Å². The van der Waals surface area contributed by atoms with Gasteiger partial charge in [-0.05, 0) is 154 Å². The highest BCUT2D eigenvalue weighted by Gasteiger charge is 2.20. The third kappa shape index (κ3) is 17.4. The molecule has 0 radical (unpaired) electrons. The minimum Gasteiger partial charge on any atom is -0.473 e. The fourth-order valence-corrected chi connectivity index (χ4v) is 9.17. The SMILES string of the molecule is CCOCCn1c(NC2CCCNCC2)nc2ccccc21.CCOCCn1c(NC2CCCNCC2)nc2ccccc21.CCOCCn1c(NC2CCCNCC2)nc2ccccc21.O=C(O)C(=O)O. The van der Waals surface area contributed by atoms with E-state index in [-0.39, 0.29) is 0 Å². The third-order valence-electron chi connectivity index (χ3n) is 12.9. The number of ether oxygens (including phenoxy) is 3. The van der Waals surface area contributed by atoms with Crippen molar-refractivity contribution >= 4 is 62.9 Å². The Kier molecular flexibility index (Phi) is 23.8. The Bertz CT molecular complexity index is 2220. The molecular weight excluding hydrogens is 917 g/mol. The van der Waals surface area contributed by atoms with Crippen LogP contribution in [0.15, 0.2) is 72.8 Å². The molecule has 6 aromatic rings. The molecular formula is C53H80N12O7. The Morgan fingerprint density at radius 3 is 1.06 bits per heavy atom. The van der Waals surface area contributed by atoms with E-state index in [9.17, 15) is 0 Å². The minimum absolute atomic E-state index is 0.498. The lowest BCUT2D eigenvalue weighted by atomic mass is 10.1. The van der Waals surface area contributed by atoms with Gasteiger partial charge in [-0.15, -0.1) is 0 Å². The van der Waals surface area contributed by atoms with Gasteiger partial charge in [0.05, 0.1) is 52.9 Å². The largest absolute Gasteiger partial charge is 0.473 e. The highest BCUT2D eigenvalue weighted by atomic mass is 16.5. The number of nitrogens with one attached hydrogen (secondary N) is 6. The Morgan fingerprint density at radius 2 is 0.778 bits per heavy atom. The van der Waals surface area contributed by atoms with Gasteiger partial charge in [0, 0.05) is 57.6 Å². The number of aliphatic carboxylic acids is 2. The molecule has 8 N–H and O–H groups in total. The molecule has 0 bridgehead atoms. The highest BCUT2D eigenvalue weighted by molar-refractivity contribution is 6.27. The van der Waals surface area contributed by atoms with E-state index in [0.717, 1.165) is 152 Å². The van der Waals surface area contributed by atoms with E-state index in [1.165, 1.54) is 55.1 Å². The van der Waals surface area contributed by atoms with E-state index in [0.29, 0.717) is 18.1 Å². The van der Waals surface area contributed by atoms with Crippen LogP contribution in [0.4, 0.5) is 17.8 Å². The van der Waals surface area contributed by atoms with Crippen LogP contribution in [0, 0.1) is 0 Å². The van der Waals surface area contributed by atoms with Crippen molar-refractivity contribution in [2.45, 2.75) is 116 Å². The van der Waals surface area contributed by atoms with Crippen LogP contribution >= 0.6 is 0 Å². The lowest BCUT2D eigenvalue weighted by Crippen LogP contribution is -2.24. The van der Waals surface area contributed by atoms with Crippen molar-refractivity contribution in [3.05, 3.63) is 72.8 Å². The second kappa shape index (κ2) is 30.9. The van der Waals surface area contributed by atoms with Crippen LogP contribution in [0.2, 0.25) is 0 Å². The molecule has 0 aliphatic carbocycles. The van der Waals surface area contributed by atoms with Crippen molar-refractivity contribution in [1.82, 2.24) is 44.6 Å². The zero-order chi connectivity index (χ0) is 50.8. The van der Waals surface area contributed by atoms with Gasteiger partial charge in [0.2, 0.25) is 17.8 Å². The van der Waals surface area contributed by atoms with Crippen molar-refractivity contribution < 1.29 is 34.0 Å². The van der Waals surface area contributed by atoms with Crippen LogP contribution in [0.5, 0.6) is 0 Å². The fraction of sp³-hybridized carbons (Fsp3) is 0.566. The van der Waals surface area contributed by atoms with Crippen LogP contribution in [0.25, 0.3) is 33.1 Å². The molecule has 3 aromatic carbocycles. The molecule has 394 valence electrons. The molecule has 0 spiro atoms. The number of hydrogen-bond donors (Lipinski definition) is 8. The van der Waals surface area contributed by atoms with Gasteiger partial charge >= 0.3 is 11.9 Å². The number of anilines is 3. The first-order valence-electron chi connectivity index (χ1n) is 26.3. The summed E-state index contributed by atoms with van der Waals surface area (Å²) >= 11 is 0. The zero-order valence-corrected chi connectivity index (χ0v) is 42.7. The molecule has 0 amide bonds. The lowest BCUT2D eigenvalue weighted by Gasteiger charge is -2.18. The molecule has 3 aliphatic heterocycles. The number of carboxylic acids is 2. The van der Waals surface area contributed by atoms with E-state index in [2.05, 4.69) is 100 Å². The van der Waals surface area contributed by atoms with Gasteiger partial charge in [-0.2, -0.15) is 0 Å². The van der Waals surface area contributed by atoms with E-state index >= 15 is 0 Å². The first kappa shape index (κ1) is 55.5. The zero-order valence-electron chi connectivity index (χ0n) is 42.7. The minimum atomic E-state index is -1.82. The van der Waals surface area contributed by atoms with Crippen molar-refractivity contribution in [2.75, 3.05) is 94.9 Å². The molecule has 3 unspecified atom stereocenters. The monoisotopic (exact) mass is 997 g/mol. The smallest absolute Gasteiger partial charge is 0.414 e. The van der Waals surface area contributed by atoms with Gasteiger partial charge in [-0.25, -0.2) is 24.5 Å². The summed E-state index contributed by atoms with van der Waals surface area (Å²) in [5.41, 5.74) is 6.68. The number of para-hydroxylation sites is 6. The molecule has 3 fully saturated rings. The normalized spacial score (nSPS) is 18.2. The topological polar surface area (TPSA) is 228 Å². The summed E-state index contributed by atoms with van der Waals surface area (Å²) in [4.78, 5) is 32.6.